The van der Waals surface area contributed by atoms with Crippen molar-refractivity contribution in [2.24, 2.45) is 5.92 Å². The summed E-state index contributed by atoms with van der Waals surface area (Å²) in [6.45, 7) is 2.18. The molecular formula is C14H18FNO2. The molecule has 0 aliphatic carbocycles. The van der Waals surface area contributed by atoms with Crippen molar-refractivity contribution in [2.45, 2.75) is 19.4 Å². The fourth-order valence-corrected chi connectivity index (χ4v) is 2.42. The quantitative estimate of drug-likeness (QED) is 0.769. The summed E-state index contributed by atoms with van der Waals surface area (Å²) in [7, 11) is 1.46. The topological polar surface area (TPSA) is 29.5 Å². The highest BCUT2D eigenvalue weighted by molar-refractivity contribution is 5.53. The van der Waals surface area contributed by atoms with Crippen LogP contribution in [0.4, 0.5) is 4.39 Å². The van der Waals surface area contributed by atoms with Gasteiger partial charge in [-0.2, -0.15) is 0 Å². The number of carbonyl (C=O) groups is 1. The lowest BCUT2D eigenvalue weighted by atomic mass is 9.99. The Morgan fingerprint density at radius 3 is 3.11 bits per heavy atom. The maximum atomic E-state index is 14.0. The third kappa shape index (κ3) is 2.88. The van der Waals surface area contributed by atoms with E-state index in [1.807, 2.05) is 0 Å². The summed E-state index contributed by atoms with van der Waals surface area (Å²) in [4.78, 5) is 12.9. The molecule has 0 radical (unpaired) electrons. The smallest absolute Gasteiger partial charge is 0.169 e. The van der Waals surface area contributed by atoms with Gasteiger partial charge in [-0.1, -0.05) is 12.1 Å². The largest absolute Gasteiger partial charge is 0.494 e. The molecule has 1 heterocycles. The Hall–Kier alpha value is -1.42. The third-order valence-electron chi connectivity index (χ3n) is 3.39. The molecule has 1 unspecified atom stereocenters. The van der Waals surface area contributed by atoms with Crippen LogP contribution in [0.15, 0.2) is 18.2 Å². The van der Waals surface area contributed by atoms with E-state index in [9.17, 15) is 9.18 Å². The van der Waals surface area contributed by atoms with Crippen LogP contribution in [0.3, 0.4) is 0 Å². The van der Waals surface area contributed by atoms with Gasteiger partial charge < -0.3 is 9.53 Å². The minimum absolute atomic E-state index is 0.0902. The second kappa shape index (κ2) is 5.96. The lowest BCUT2D eigenvalue weighted by molar-refractivity contribution is -0.112. The number of aldehydes is 1. The number of ether oxygens (including phenoxy) is 1. The first kappa shape index (κ1) is 13.0. The van der Waals surface area contributed by atoms with Gasteiger partial charge in [0.1, 0.15) is 6.29 Å². The molecule has 0 N–H and O–H groups in total. The molecule has 1 aromatic carbocycles. The molecule has 0 saturated carbocycles. The molecule has 1 aromatic rings. The molecule has 1 saturated heterocycles. The van der Waals surface area contributed by atoms with Crippen LogP contribution in [-0.4, -0.2) is 31.4 Å². The summed E-state index contributed by atoms with van der Waals surface area (Å²) in [6.07, 6.45) is 2.95. The van der Waals surface area contributed by atoms with E-state index in [0.717, 1.165) is 32.2 Å². The average molecular weight is 251 g/mol. The second-order valence-corrected chi connectivity index (χ2v) is 4.71. The Kier molecular flexibility index (Phi) is 4.31. The molecule has 0 amide bonds. The first-order chi connectivity index (χ1) is 8.74. The summed E-state index contributed by atoms with van der Waals surface area (Å²) in [5.41, 5.74) is 0.626. The zero-order chi connectivity index (χ0) is 13.0. The maximum absolute atomic E-state index is 14.0. The molecular weight excluding hydrogens is 233 g/mol. The van der Waals surface area contributed by atoms with Crippen LogP contribution in [0, 0.1) is 11.7 Å². The molecule has 4 heteroatoms. The van der Waals surface area contributed by atoms with Gasteiger partial charge in [0.25, 0.3) is 0 Å². The lowest BCUT2D eigenvalue weighted by Gasteiger charge is -2.30. The molecule has 98 valence electrons. The minimum atomic E-state index is -0.298. The van der Waals surface area contributed by atoms with Crippen LogP contribution >= 0.6 is 0 Å². The SMILES string of the molecule is COc1cccc(CN2CCCC(C=O)C2)c1F. The maximum Gasteiger partial charge on any atom is 0.169 e. The van der Waals surface area contributed by atoms with Gasteiger partial charge in [-0.25, -0.2) is 4.39 Å². The number of likely N-dealkylation sites (tertiary alicyclic amines) is 1. The number of rotatable bonds is 4. The number of hydrogen-bond donors (Lipinski definition) is 0. The molecule has 1 aliphatic rings. The predicted octanol–water partition coefficient (Wildman–Crippen LogP) is 2.25. The Morgan fingerprint density at radius 1 is 1.56 bits per heavy atom. The summed E-state index contributed by atoms with van der Waals surface area (Å²) in [5, 5.41) is 0. The minimum Gasteiger partial charge on any atom is -0.494 e. The van der Waals surface area contributed by atoms with E-state index in [-0.39, 0.29) is 17.5 Å². The molecule has 0 spiro atoms. The van der Waals surface area contributed by atoms with E-state index in [4.69, 9.17) is 4.74 Å². The van der Waals surface area contributed by atoms with Gasteiger partial charge in [-0.05, 0) is 25.5 Å². The van der Waals surface area contributed by atoms with E-state index in [1.54, 1.807) is 18.2 Å². The molecule has 1 aliphatic heterocycles. The van der Waals surface area contributed by atoms with Gasteiger partial charge in [-0.15, -0.1) is 0 Å². The zero-order valence-corrected chi connectivity index (χ0v) is 10.6. The summed E-state index contributed by atoms with van der Waals surface area (Å²) < 4.78 is 19.0. The third-order valence-corrected chi connectivity index (χ3v) is 3.39. The van der Waals surface area contributed by atoms with E-state index in [2.05, 4.69) is 4.90 Å². The van der Waals surface area contributed by atoms with Gasteiger partial charge in [0.15, 0.2) is 11.6 Å². The number of methoxy groups -OCH3 is 1. The van der Waals surface area contributed by atoms with Crippen LogP contribution < -0.4 is 4.74 Å². The van der Waals surface area contributed by atoms with E-state index in [1.165, 1.54) is 7.11 Å². The van der Waals surface area contributed by atoms with Crippen LogP contribution in [0.5, 0.6) is 5.75 Å². The molecule has 0 aromatic heterocycles. The Bertz CT molecular complexity index is 422. The van der Waals surface area contributed by atoms with Crippen molar-refractivity contribution in [3.05, 3.63) is 29.6 Å². The van der Waals surface area contributed by atoms with Crippen LogP contribution in [0.2, 0.25) is 0 Å². The zero-order valence-electron chi connectivity index (χ0n) is 10.6. The van der Waals surface area contributed by atoms with Gasteiger partial charge in [0.05, 0.1) is 7.11 Å². The lowest BCUT2D eigenvalue weighted by Crippen LogP contribution is -2.35. The molecule has 18 heavy (non-hydrogen) atoms. The highest BCUT2D eigenvalue weighted by atomic mass is 19.1. The van der Waals surface area contributed by atoms with Crippen LogP contribution in [0.1, 0.15) is 18.4 Å². The van der Waals surface area contributed by atoms with Crippen molar-refractivity contribution >= 4 is 6.29 Å². The Balaban J connectivity index is 2.07. The van der Waals surface area contributed by atoms with Crippen molar-refractivity contribution < 1.29 is 13.9 Å². The number of hydrogen-bond acceptors (Lipinski definition) is 3. The number of piperidine rings is 1. The fraction of sp³-hybridized carbons (Fsp3) is 0.500. The monoisotopic (exact) mass is 251 g/mol. The normalized spacial score (nSPS) is 20.7. The van der Waals surface area contributed by atoms with Crippen LogP contribution in [0.25, 0.3) is 0 Å². The van der Waals surface area contributed by atoms with Crippen molar-refractivity contribution in [1.29, 1.82) is 0 Å². The van der Waals surface area contributed by atoms with Crippen molar-refractivity contribution in [3.63, 3.8) is 0 Å². The molecule has 1 atom stereocenters. The van der Waals surface area contributed by atoms with Crippen LogP contribution in [-0.2, 0) is 11.3 Å². The predicted molar refractivity (Wildman–Crippen MR) is 67.0 cm³/mol. The first-order valence-corrected chi connectivity index (χ1v) is 6.23. The van der Waals surface area contributed by atoms with Crippen molar-refractivity contribution in [3.8, 4) is 5.75 Å². The van der Waals surface area contributed by atoms with Gasteiger partial charge in [0.2, 0.25) is 0 Å². The second-order valence-electron chi connectivity index (χ2n) is 4.71. The molecule has 3 nitrogen and oxygen atoms in total. The van der Waals surface area contributed by atoms with Gasteiger partial charge in [-0.3, -0.25) is 4.90 Å². The molecule has 2 rings (SSSR count). The van der Waals surface area contributed by atoms with E-state index >= 15 is 0 Å². The van der Waals surface area contributed by atoms with Gasteiger partial charge in [0, 0.05) is 24.6 Å². The van der Waals surface area contributed by atoms with Crippen molar-refractivity contribution in [1.82, 2.24) is 4.90 Å². The number of halogens is 1. The highest BCUT2D eigenvalue weighted by Gasteiger charge is 2.20. The number of carbonyl (C=O) groups excluding carboxylic acids is 1. The summed E-state index contributed by atoms with van der Waals surface area (Å²) >= 11 is 0. The summed E-state index contributed by atoms with van der Waals surface area (Å²) in [6, 6.07) is 5.17. The van der Waals surface area contributed by atoms with Crippen molar-refractivity contribution in [2.75, 3.05) is 20.2 Å². The first-order valence-electron chi connectivity index (χ1n) is 6.23. The Morgan fingerprint density at radius 2 is 2.39 bits per heavy atom. The average Bonchev–Trinajstić information content (AvgIpc) is 2.41. The summed E-state index contributed by atoms with van der Waals surface area (Å²) in [5.74, 6) is 0.0668. The molecule has 0 bridgehead atoms. The van der Waals surface area contributed by atoms with E-state index in [0.29, 0.717) is 12.1 Å². The Labute approximate surface area is 107 Å². The fourth-order valence-electron chi connectivity index (χ4n) is 2.42. The molecule has 1 fully saturated rings. The highest BCUT2D eigenvalue weighted by Crippen LogP contribution is 2.23. The standard InChI is InChI=1S/C14H18FNO2/c1-18-13-6-2-5-12(14(13)15)9-16-7-3-4-11(8-16)10-17/h2,5-6,10-11H,3-4,7-9H2,1H3. The van der Waals surface area contributed by atoms with Gasteiger partial charge >= 0.3 is 0 Å². The van der Waals surface area contributed by atoms with E-state index < -0.39 is 0 Å². The number of nitrogens with zero attached hydrogens (tertiary/aromatic N) is 1. The number of benzene rings is 1.